The zero-order valence-corrected chi connectivity index (χ0v) is 14.5. The van der Waals surface area contributed by atoms with Crippen molar-refractivity contribution in [2.45, 2.75) is 51.5 Å². The van der Waals surface area contributed by atoms with Crippen LogP contribution in [0.25, 0.3) is 0 Å². The van der Waals surface area contributed by atoms with Crippen LogP contribution in [-0.4, -0.2) is 25.6 Å². The summed E-state index contributed by atoms with van der Waals surface area (Å²) in [7, 11) is -3.32. The van der Waals surface area contributed by atoms with Crippen molar-refractivity contribution in [3.8, 4) is 0 Å². The second-order valence-electron chi connectivity index (χ2n) is 6.21. The number of benzene rings is 1. The predicted octanol–water partition coefficient (Wildman–Crippen LogP) is 2.36. The van der Waals surface area contributed by atoms with Gasteiger partial charge in [-0.25, -0.2) is 8.42 Å². The summed E-state index contributed by atoms with van der Waals surface area (Å²) in [5.41, 5.74) is 7.31. The van der Waals surface area contributed by atoms with Gasteiger partial charge in [0, 0.05) is 5.69 Å². The molecule has 1 saturated carbocycles. The van der Waals surface area contributed by atoms with Crippen LogP contribution in [0.1, 0.15) is 44.6 Å². The molecule has 1 amide bonds. The lowest BCUT2D eigenvalue weighted by Crippen LogP contribution is -2.52. The molecule has 2 rings (SSSR count). The molecule has 0 radical (unpaired) electrons. The fourth-order valence-electron chi connectivity index (χ4n) is 2.76. The molecule has 0 saturated heterocycles. The number of carbonyl (C=O) groups is 1. The molecular formula is C16H25N3O3S. The molecule has 0 unspecified atom stereocenters. The van der Waals surface area contributed by atoms with E-state index in [9.17, 15) is 13.2 Å². The molecule has 1 aromatic carbocycles. The van der Waals surface area contributed by atoms with E-state index in [1.165, 1.54) is 0 Å². The third-order valence-electron chi connectivity index (χ3n) is 4.33. The van der Waals surface area contributed by atoms with Crippen molar-refractivity contribution in [1.82, 2.24) is 0 Å². The maximum atomic E-state index is 12.4. The van der Waals surface area contributed by atoms with E-state index >= 15 is 0 Å². The molecule has 23 heavy (non-hydrogen) atoms. The van der Waals surface area contributed by atoms with Gasteiger partial charge >= 0.3 is 0 Å². The van der Waals surface area contributed by atoms with Gasteiger partial charge in [0.2, 0.25) is 15.9 Å². The number of hydrogen-bond acceptors (Lipinski definition) is 4. The molecule has 6 nitrogen and oxygen atoms in total. The Morgan fingerprint density at radius 3 is 2.48 bits per heavy atom. The van der Waals surface area contributed by atoms with Gasteiger partial charge in [0.15, 0.2) is 0 Å². The van der Waals surface area contributed by atoms with E-state index in [-0.39, 0.29) is 11.7 Å². The van der Waals surface area contributed by atoms with Crippen LogP contribution in [0, 0.1) is 6.92 Å². The molecule has 0 aliphatic heterocycles. The number of hydrogen-bond donors (Lipinski definition) is 3. The summed E-state index contributed by atoms with van der Waals surface area (Å²) in [5.74, 6) is -0.154. The standard InChI is InChI=1S/C16H25N3O3S/c1-3-23(21,22)19-14-8-7-13(11-12(14)2)18-15(20)16(17)9-5-4-6-10-16/h7-8,11,19H,3-6,9-10,17H2,1-2H3,(H,18,20). The van der Waals surface area contributed by atoms with Gasteiger partial charge in [-0.05, 0) is 50.5 Å². The molecule has 0 heterocycles. The predicted molar refractivity (Wildman–Crippen MR) is 92.9 cm³/mol. The summed E-state index contributed by atoms with van der Waals surface area (Å²) in [5, 5.41) is 2.86. The van der Waals surface area contributed by atoms with Crippen molar-refractivity contribution >= 4 is 27.3 Å². The Balaban J connectivity index is 2.10. The lowest BCUT2D eigenvalue weighted by molar-refractivity contribution is -0.122. The second kappa shape index (κ2) is 6.88. The SMILES string of the molecule is CCS(=O)(=O)Nc1ccc(NC(=O)C2(N)CCCCC2)cc1C. The highest BCUT2D eigenvalue weighted by Crippen LogP contribution is 2.28. The van der Waals surface area contributed by atoms with Crippen LogP contribution < -0.4 is 15.8 Å². The Bertz CT molecular complexity index is 680. The van der Waals surface area contributed by atoms with Gasteiger partial charge in [-0.3, -0.25) is 9.52 Å². The summed E-state index contributed by atoms with van der Waals surface area (Å²) < 4.78 is 25.8. The Morgan fingerprint density at radius 1 is 1.26 bits per heavy atom. The first-order chi connectivity index (χ1) is 10.8. The van der Waals surface area contributed by atoms with Gasteiger partial charge in [-0.15, -0.1) is 0 Å². The van der Waals surface area contributed by atoms with Crippen LogP contribution in [0.15, 0.2) is 18.2 Å². The van der Waals surface area contributed by atoms with Crippen LogP contribution in [0.5, 0.6) is 0 Å². The topological polar surface area (TPSA) is 101 Å². The molecule has 0 atom stereocenters. The van der Waals surface area contributed by atoms with Crippen LogP contribution in [0.3, 0.4) is 0 Å². The molecule has 0 bridgehead atoms. The first-order valence-electron chi connectivity index (χ1n) is 7.97. The number of carbonyl (C=O) groups excluding carboxylic acids is 1. The van der Waals surface area contributed by atoms with Crippen molar-refractivity contribution in [1.29, 1.82) is 0 Å². The summed E-state index contributed by atoms with van der Waals surface area (Å²) in [6, 6.07) is 5.09. The second-order valence-corrected chi connectivity index (χ2v) is 8.22. The van der Waals surface area contributed by atoms with Crippen LogP contribution >= 0.6 is 0 Å². The largest absolute Gasteiger partial charge is 0.324 e. The number of anilines is 2. The molecule has 4 N–H and O–H groups in total. The third-order valence-corrected chi connectivity index (χ3v) is 5.62. The Labute approximate surface area is 137 Å². The zero-order chi connectivity index (χ0) is 17.1. The molecule has 7 heteroatoms. The molecular weight excluding hydrogens is 314 g/mol. The molecule has 1 fully saturated rings. The van der Waals surface area contributed by atoms with Crippen molar-refractivity contribution in [2.75, 3.05) is 15.8 Å². The van der Waals surface area contributed by atoms with Gasteiger partial charge in [0.1, 0.15) is 0 Å². The number of sulfonamides is 1. The Kier molecular flexibility index (Phi) is 5.31. The highest BCUT2D eigenvalue weighted by molar-refractivity contribution is 7.92. The zero-order valence-electron chi connectivity index (χ0n) is 13.7. The number of rotatable bonds is 5. The van der Waals surface area contributed by atoms with E-state index in [0.717, 1.165) is 24.8 Å². The first-order valence-corrected chi connectivity index (χ1v) is 9.62. The lowest BCUT2D eigenvalue weighted by atomic mass is 9.82. The number of nitrogens with one attached hydrogen (secondary N) is 2. The van der Waals surface area contributed by atoms with E-state index < -0.39 is 15.6 Å². The van der Waals surface area contributed by atoms with E-state index in [0.29, 0.717) is 24.2 Å². The summed E-state index contributed by atoms with van der Waals surface area (Å²) in [6.45, 7) is 3.37. The van der Waals surface area contributed by atoms with Crippen molar-refractivity contribution < 1.29 is 13.2 Å². The van der Waals surface area contributed by atoms with E-state index in [4.69, 9.17) is 5.73 Å². The Morgan fingerprint density at radius 2 is 1.91 bits per heavy atom. The van der Waals surface area contributed by atoms with Crippen molar-refractivity contribution in [3.63, 3.8) is 0 Å². The van der Waals surface area contributed by atoms with Gasteiger partial charge in [0.05, 0.1) is 17.0 Å². The average Bonchev–Trinajstić information content (AvgIpc) is 2.50. The van der Waals surface area contributed by atoms with Crippen molar-refractivity contribution in [2.24, 2.45) is 5.73 Å². The van der Waals surface area contributed by atoms with Crippen molar-refractivity contribution in [3.05, 3.63) is 23.8 Å². The normalized spacial score (nSPS) is 17.5. The molecule has 128 valence electrons. The lowest BCUT2D eigenvalue weighted by Gasteiger charge is -2.31. The molecule has 1 aliphatic carbocycles. The van der Waals surface area contributed by atoms with Gasteiger partial charge < -0.3 is 11.1 Å². The maximum Gasteiger partial charge on any atom is 0.244 e. The highest BCUT2D eigenvalue weighted by atomic mass is 32.2. The minimum atomic E-state index is -3.32. The summed E-state index contributed by atoms with van der Waals surface area (Å²) in [6.07, 6.45) is 4.47. The van der Waals surface area contributed by atoms with Gasteiger partial charge in [-0.1, -0.05) is 19.3 Å². The quantitative estimate of drug-likeness (QED) is 0.766. The van der Waals surface area contributed by atoms with Gasteiger partial charge in [0.25, 0.3) is 0 Å². The average molecular weight is 339 g/mol. The first kappa shape index (κ1) is 17.7. The van der Waals surface area contributed by atoms with Crippen LogP contribution in [-0.2, 0) is 14.8 Å². The minimum Gasteiger partial charge on any atom is -0.324 e. The smallest absolute Gasteiger partial charge is 0.244 e. The van der Waals surface area contributed by atoms with Crippen LogP contribution in [0.4, 0.5) is 11.4 Å². The molecule has 0 spiro atoms. The fourth-order valence-corrected chi connectivity index (χ4v) is 3.47. The number of amides is 1. The molecule has 1 aliphatic rings. The maximum absolute atomic E-state index is 12.4. The number of nitrogens with two attached hydrogens (primary N) is 1. The fraction of sp³-hybridized carbons (Fsp3) is 0.562. The number of aryl methyl sites for hydroxylation is 1. The third kappa shape index (κ3) is 4.45. The van der Waals surface area contributed by atoms with E-state index in [2.05, 4.69) is 10.0 Å². The van der Waals surface area contributed by atoms with Gasteiger partial charge in [-0.2, -0.15) is 0 Å². The van der Waals surface area contributed by atoms with E-state index in [1.54, 1.807) is 32.0 Å². The monoisotopic (exact) mass is 339 g/mol. The Hall–Kier alpha value is -1.60. The molecule has 0 aromatic heterocycles. The highest BCUT2D eigenvalue weighted by Gasteiger charge is 2.35. The summed E-state index contributed by atoms with van der Waals surface area (Å²) in [4.78, 5) is 12.4. The molecule has 1 aromatic rings. The van der Waals surface area contributed by atoms with E-state index in [1.807, 2.05) is 0 Å². The van der Waals surface area contributed by atoms with Crippen LogP contribution in [0.2, 0.25) is 0 Å². The summed E-state index contributed by atoms with van der Waals surface area (Å²) >= 11 is 0. The minimum absolute atomic E-state index is 0.0145.